The molecule has 0 aromatic carbocycles. The van der Waals surface area contributed by atoms with E-state index in [1.54, 1.807) is 11.0 Å². The maximum Gasteiger partial charge on any atom is 0.410 e. The van der Waals surface area contributed by atoms with Crippen molar-refractivity contribution in [3.05, 3.63) is 11.6 Å². The quantitative estimate of drug-likeness (QED) is 0.621. The second kappa shape index (κ2) is 4.47. The van der Waals surface area contributed by atoms with E-state index in [4.69, 9.17) is 4.74 Å². The fraction of sp³-hybridized carbons (Fsp3) is 0.636. The molecule has 1 heterocycles. The molecule has 84 valence electrons. The summed E-state index contributed by atoms with van der Waals surface area (Å²) in [5.74, 6) is 0. The van der Waals surface area contributed by atoms with E-state index in [9.17, 15) is 9.59 Å². The molecule has 4 heteroatoms. The number of ether oxygens (including phenoxy) is 1. The van der Waals surface area contributed by atoms with Gasteiger partial charge in [0.2, 0.25) is 0 Å². The number of amides is 1. The lowest BCUT2D eigenvalue weighted by Gasteiger charge is -2.28. The van der Waals surface area contributed by atoms with Crippen LogP contribution in [-0.2, 0) is 9.53 Å². The number of carbonyl (C=O) groups excluding carboxylic acids is 2. The van der Waals surface area contributed by atoms with E-state index in [0.717, 1.165) is 11.9 Å². The molecule has 0 aromatic heterocycles. The first-order valence-corrected chi connectivity index (χ1v) is 5.04. The number of aldehydes is 1. The van der Waals surface area contributed by atoms with Crippen LogP contribution in [0.1, 0.15) is 27.2 Å². The molecule has 0 atom stereocenters. The second-order valence-electron chi connectivity index (χ2n) is 4.57. The number of hydrogen-bond donors (Lipinski definition) is 0. The molecular formula is C11H17NO3. The minimum atomic E-state index is -0.467. The lowest BCUT2D eigenvalue weighted by Crippen LogP contribution is -2.39. The Balaban J connectivity index is 2.50. The van der Waals surface area contributed by atoms with Crippen LogP contribution in [0.25, 0.3) is 0 Å². The summed E-state index contributed by atoms with van der Waals surface area (Å²) >= 11 is 0. The van der Waals surface area contributed by atoms with Crippen molar-refractivity contribution in [2.24, 2.45) is 0 Å². The number of carbonyl (C=O) groups is 2. The zero-order valence-electron chi connectivity index (χ0n) is 9.45. The topological polar surface area (TPSA) is 46.6 Å². The predicted molar refractivity (Wildman–Crippen MR) is 56.6 cm³/mol. The fourth-order valence-electron chi connectivity index (χ4n) is 1.28. The summed E-state index contributed by atoms with van der Waals surface area (Å²) in [5, 5.41) is 0. The Kier molecular flexibility index (Phi) is 3.50. The summed E-state index contributed by atoms with van der Waals surface area (Å²) in [6.07, 6.45) is 2.90. The smallest absolute Gasteiger partial charge is 0.410 e. The van der Waals surface area contributed by atoms with Gasteiger partial charge in [0, 0.05) is 13.1 Å². The molecule has 0 aromatic rings. The Labute approximate surface area is 89.9 Å². The van der Waals surface area contributed by atoms with E-state index < -0.39 is 5.60 Å². The average Bonchev–Trinajstić information content (AvgIpc) is 2.15. The third-order valence-electron chi connectivity index (χ3n) is 2.05. The van der Waals surface area contributed by atoms with Crippen LogP contribution in [0, 0.1) is 0 Å². The van der Waals surface area contributed by atoms with Crippen LogP contribution in [0.4, 0.5) is 4.79 Å². The van der Waals surface area contributed by atoms with E-state index in [2.05, 4.69) is 0 Å². The third kappa shape index (κ3) is 3.73. The molecule has 1 aliphatic rings. The predicted octanol–water partition coefficient (Wildman–Crippen LogP) is 1.75. The van der Waals surface area contributed by atoms with Crippen molar-refractivity contribution in [2.45, 2.75) is 32.8 Å². The van der Waals surface area contributed by atoms with Crippen LogP contribution in [-0.4, -0.2) is 36.0 Å². The maximum atomic E-state index is 11.6. The summed E-state index contributed by atoms with van der Waals surface area (Å²) in [7, 11) is 0. The standard InChI is InChI=1S/C11H17NO3/c1-11(2,3)15-10(14)12-6-4-9(8-13)5-7-12/h4,8H,5-7H2,1-3H3. The first kappa shape index (κ1) is 11.8. The minimum absolute atomic E-state index is 0.316. The van der Waals surface area contributed by atoms with Crippen molar-refractivity contribution < 1.29 is 14.3 Å². The molecule has 0 spiro atoms. The molecule has 4 nitrogen and oxygen atoms in total. The van der Waals surface area contributed by atoms with E-state index >= 15 is 0 Å². The average molecular weight is 211 g/mol. The molecular weight excluding hydrogens is 194 g/mol. The van der Waals surface area contributed by atoms with Gasteiger partial charge in [0.15, 0.2) is 0 Å². The number of hydrogen-bond acceptors (Lipinski definition) is 3. The lowest BCUT2D eigenvalue weighted by molar-refractivity contribution is -0.105. The van der Waals surface area contributed by atoms with Gasteiger partial charge in [-0.05, 0) is 32.8 Å². The summed E-state index contributed by atoms with van der Waals surface area (Å²) in [4.78, 5) is 23.7. The summed E-state index contributed by atoms with van der Waals surface area (Å²) in [6.45, 7) is 6.52. The Morgan fingerprint density at radius 3 is 2.60 bits per heavy atom. The van der Waals surface area contributed by atoms with Gasteiger partial charge >= 0.3 is 6.09 Å². The number of rotatable bonds is 1. The maximum absolute atomic E-state index is 11.6. The largest absolute Gasteiger partial charge is 0.444 e. The normalized spacial score (nSPS) is 17.0. The molecule has 0 aliphatic carbocycles. The van der Waals surface area contributed by atoms with Crippen LogP contribution in [0.5, 0.6) is 0 Å². The molecule has 0 saturated heterocycles. The molecule has 0 unspecified atom stereocenters. The fourth-order valence-corrected chi connectivity index (χ4v) is 1.28. The van der Waals surface area contributed by atoms with Crippen molar-refractivity contribution in [1.29, 1.82) is 0 Å². The van der Waals surface area contributed by atoms with E-state index in [-0.39, 0.29) is 6.09 Å². The first-order chi connectivity index (χ1) is 6.92. The van der Waals surface area contributed by atoms with Gasteiger partial charge in [0.25, 0.3) is 0 Å². The van der Waals surface area contributed by atoms with Crippen LogP contribution < -0.4 is 0 Å². The zero-order valence-corrected chi connectivity index (χ0v) is 9.45. The van der Waals surface area contributed by atoms with Gasteiger partial charge in [-0.15, -0.1) is 0 Å². The molecule has 0 radical (unpaired) electrons. The van der Waals surface area contributed by atoms with Crippen molar-refractivity contribution in [3.8, 4) is 0 Å². The van der Waals surface area contributed by atoms with Crippen LogP contribution >= 0.6 is 0 Å². The van der Waals surface area contributed by atoms with Gasteiger partial charge in [-0.25, -0.2) is 4.79 Å². The Hall–Kier alpha value is -1.32. The Morgan fingerprint density at radius 2 is 2.20 bits per heavy atom. The van der Waals surface area contributed by atoms with Gasteiger partial charge in [-0.1, -0.05) is 6.08 Å². The van der Waals surface area contributed by atoms with Gasteiger partial charge in [0.1, 0.15) is 11.9 Å². The SMILES string of the molecule is CC(C)(C)OC(=O)N1CC=C(C=O)CC1. The summed E-state index contributed by atoms with van der Waals surface area (Å²) in [5.41, 5.74) is 0.293. The zero-order chi connectivity index (χ0) is 11.5. The summed E-state index contributed by atoms with van der Waals surface area (Å²) < 4.78 is 5.22. The molecule has 0 N–H and O–H groups in total. The van der Waals surface area contributed by atoms with Gasteiger partial charge < -0.3 is 9.64 Å². The molecule has 0 saturated carbocycles. The van der Waals surface area contributed by atoms with Gasteiger partial charge in [0.05, 0.1) is 0 Å². The van der Waals surface area contributed by atoms with Crippen LogP contribution in [0.2, 0.25) is 0 Å². The molecule has 0 bridgehead atoms. The highest BCUT2D eigenvalue weighted by molar-refractivity contribution is 5.75. The minimum Gasteiger partial charge on any atom is -0.444 e. The first-order valence-electron chi connectivity index (χ1n) is 5.04. The third-order valence-corrected chi connectivity index (χ3v) is 2.05. The van der Waals surface area contributed by atoms with E-state index in [1.165, 1.54) is 0 Å². The highest BCUT2D eigenvalue weighted by Gasteiger charge is 2.23. The Bertz CT molecular complexity index is 289. The van der Waals surface area contributed by atoms with Crippen LogP contribution in [0.15, 0.2) is 11.6 Å². The molecule has 15 heavy (non-hydrogen) atoms. The van der Waals surface area contributed by atoms with Crippen molar-refractivity contribution >= 4 is 12.4 Å². The highest BCUT2D eigenvalue weighted by Crippen LogP contribution is 2.14. The Morgan fingerprint density at radius 1 is 1.53 bits per heavy atom. The number of nitrogens with zero attached hydrogens (tertiary/aromatic N) is 1. The second-order valence-corrected chi connectivity index (χ2v) is 4.57. The van der Waals surface area contributed by atoms with Crippen LogP contribution in [0.3, 0.4) is 0 Å². The lowest BCUT2D eigenvalue weighted by atomic mass is 10.1. The molecule has 1 rings (SSSR count). The monoisotopic (exact) mass is 211 g/mol. The van der Waals surface area contributed by atoms with Crippen molar-refractivity contribution in [1.82, 2.24) is 4.90 Å². The highest BCUT2D eigenvalue weighted by atomic mass is 16.6. The molecule has 0 fully saturated rings. The molecule has 1 amide bonds. The molecule has 1 aliphatic heterocycles. The van der Waals surface area contributed by atoms with E-state index in [0.29, 0.717) is 19.5 Å². The van der Waals surface area contributed by atoms with Crippen molar-refractivity contribution in [3.63, 3.8) is 0 Å². The van der Waals surface area contributed by atoms with Gasteiger partial charge in [-0.2, -0.15) is 0 Å². The van der Waals surface area contributed by atoms with Gasteiger partial charge in [-0.3, -0.25) is 4.79 Å². The van der Waals surface area contributed by atoms with E-state index in [1.807, 2.05) is 20.8 Å². The summed E-state index contributed by atoms with van der Waals surface area (Å²) in [6, 6.07) is 0. The van der Waals surface area contributed by atoms with Crippen molar-refractivity contribution in [2.75, 3.05) is 13.1 Å².